The number of methoxy groups -OCH3 is 1. The first-order valence-electron chi connectivity index (χ1n) is 5.93. The van der Waals surface area contributed by atoms with Gasteiger partial charge in [-0.1, -0.05) is 13.0 Å². The summed E-state index contributed by atoms with van der Waals surface area (Å²) >= 11 is 0. The van der Waals surface area contributed by atoms with E-state index in [4.69, 9.17) is 4.74 Å². The minimum atomic E-state index is 0.578. The number of rotatable bonds is 4. The van der Waals surface area contributed by atoms with Crippen molar-refractivity contribution >= 4 is 0 Å². The van der Waals surface area contributed by atoms with Crippen molar-refractivity contribution in [3.05, 3.63) is 29.3 Å². The molecule has 2 N–H and O–H groups in total. The van der Waals surface area contributed by atoms with E-state index in [-0.39, 0.29) is 0 Å². The summed E-state index contributed by atoms with van der Waals surface area (Å²) in [4.78, 5) is 0. The molecule has 1 aliphatic heterocycles. The Labute approximate surface area is 97.2 Å². The van der Waals surface area contributed by atoms with Crippen LogP contribution in [0.4, 0.5) is 0 Å². The van der Waals surface area contributed by atoms with Gasteiger partial charge >= 0.3 is 0 Å². The van der Waals surface area contributed by atoms with Gasteiger partial charge in [0.15, 0.2) is 0 Å². The highest BCUT2D eigenvalue weighted by molar-refractivity contribution is 5.39. The number of benzene rings is 1. The summed E-state index contributed by atoms with van der Waals surface area (Å²) in [6.07, 6.45) is 0. The highest BCUT2D eigenvalue weighted by atomic mass is 16.5. The van der Waals surface area contributed by atoms with Crippen molar-refractivity contribution in [3.63, 3.8) is 0 Å². The van der Waals surface area contributed by atoms with Gasteiger partial charge < -0.3 is 15.4 Å². The molecular formula is C13H20N2O. The predicted octanol–water partition coefficient (Wildman–Crippen LogP) is 1.49. The second-order valence-electron chi connectivity index (χ2n) is 4.20. The summed E-state index contributed by atoms with van der Waals surface area (Å²) in [7, 11) is 1.72. The summed E-state index contributed by atoms with van der Waals surface area (Å²) in [5, 5.41) is 6.87. The van der Waals surface area contributed by atoms with Gasteiger partial charge in [0.1, 0.15) is 5.75 Å². The maximum absolute atomic E-state index is 5.25. The van der Waals surface area contributed by atoms with Gasteiger partial charge in [0, 0.05) is 25.6 Å². The fourth-order valence-electron chi connectivity index (χ4n) is 2.25. The van der Waals surface area contributed by atoms with E-state index in [2.05, 4.69) is 35.8 Å². The Morgan fingerprint density at radius 1 is 1.50 bits per heavy atom. The molecule has 16 heavy (non-hydrogen) atoms. The number of ether oxygens (including phenoxy) is 1. The standard InChI is InChI=1S/C13H20N2O/c1-3-14-8-11-9-15-7-10-6-12(16-2)4-5-13(10)11/h4-6,11,14-15H,3,7-9H2,1-2H3. The fraction of sp³-hybridized carbons (Fsp3) is 0.538. The number of likely N-dealkylation sites (N-methyl/N-ethyl adjacent to an activating group) is 1. The summed E-state index contributed by atoms with van der Waals surface area (Å²) in [6, 6.07) is 6.40. The molecule has 0 fully saturated rings. The molecule has 0 bridgehead atoms. The van der Waals surface area contributed by atoms with Crippen LogP contribution >= 0.6 is 0 Å². The van der Waals surface area contributed by atoms with Crippen LogP contribution in [0.2, 0.25) is 0 Å². The minimum Gasteiger partial charge on any atom is -0.497 e. The Kier molecular flexibility index (Phi) is 3.80. The maximum atomic E-state index is 5.25. The Morgan fingerprint density at radius 3 is 3.12 bits per heavy atom. The van der Waals surface area contributed by atoms with Crippen LogP contribution in [0.3, 0.4) is 0 Å². The van der Waals surface area contributed by atoms with Crippen molar-refractivity contribution in [2.75, 3.05) is 26.7 Å². The lowest BCUT2D eigenvalue weighted by atomic mass is 9.90. The van der Waals surface area contributed by atoms with Gasteiger partial charge in [-0.2, -0.15) is 0 Å². The number of hydrogen-bond donors (Lipinski definition) is 2. The molecule has 2 rings (SSSR count). The normalized spacial score (nSPS) is 19.2. The molecule has 1 atom stereocenters. The van der Waals surface area contributed by atoms with Gasteiger partial charge in [0.2, 0.25) is 0 Å². The van der Waals surface area contributed by atoms with E-state index in [9.17, 15) is 0 Å². The molecule has 0 saturated heterocycles. The number of fused-ring (bicyclic) bond motifs is 1. The predicted molar refractivity (Wildman–Crippen MR) is 66.0 cm³/mol. The lowest BCUT2D eigenvalue weighted by Crippen LogP contribution is -2.34. The second-order valence-corrected chi connectivity index (χ2v) is 4.20. The molecule has 1 aromatic rings. The molecule has 3 nitrogen and oxygen atoms in total. The quantitative estimate of drug-likeness (QED) is 0.806. The summed E-state index contributed by atoms with van der Waals surface area (Å²) in [6.45, 7) is 6.23. The zero-order valence-electron chi connectivity index (χ0n) is 10.0. The van der Waals surface area contributed by atoms with Gasteiger partial charge in [0.25, 0.3) is 0 Å². The van der Waals surface area contributed by atoms with Crippen LogP contribution in [0.5, 0.6) is 5.75 Å². The topological polar surface area (TPSA) is 33.3 Å². The van der Waals surface area contributed by atoms with Gasteiger partial charge in [0.05, 0.1) is 7.11 Å². The largest absolute Gasteiger partial charge is 0.497 e. The highest BCUT2D eigenvalue weighted by Gasteiger charge is 2.19. The van der Waals surface area contributed by atoms with Crippen LogP contribution < -0.4 is 15.4 Å². The average Bonchev–Trinajstić information content (AvgIpc) is 2.35. The van der Waals surface area contributed by atoms with Crippen molar-refractivity contribution in [1.82, 2.24) is 10.6 Å². The first-order chi connectivity index (χ1) is 7.85. The SMILES string of the molecule is CCNCC1CNCc2cc(OC)ccc21. The Balaban J connectivity index is 2.18. The maximum Gasteiger partial charge on any atom is 0.119 e. The lowest BCUT2D eigenvalue weighted by molar-refractivity contribution is 0.412. The third kappa shape index (κ3) is 2.36. The summed E-state index contributed by atoms with van der Waals surface area (Å²) in [5.41, 5.74) is 2.83. The van der Waals surface area contributed by atoms with E-state index in [1.807, 2.05) is 0 Å². The van der Waals surface area contributed by atoms with Gasteiger partial charge in [-0.25, -0.2) is 0 Å². The first kappa shape index (κ1) is 11.4. The molecular weight excluding hydrogens is 200 g/mol. The third-order valence-electron chi connectivity index (χ3n) is 3.14. The highest BCUT2D eigenvalue weighted by Crippen LogP contribution is 2.26. The van der Waals surface area contributed by atoms with Crippen LogP contribution in [-0.2, 0) is 6.54 Å². The molecule has 88 valence electrons. The molecule has 0 saturated carbocycles. The zero-order chi connectivity index (χ0) is 11.4. The van der Waals surface area contributed by atoms with Crippen molar-refractivity contribution in [2.24, 2.45) is 0 Å². The molecule has 1 heterocycles. The van der Waals surface area contributed by atoms with Crippen LogP contribution in [0.25, 0.3) is 0 Å². The number of hydrogen-bond acceptors (Lipinski definition) is 3. The lowest BCUT2D eigenvalue weighted by Gasteiger charge is -2.27. The third-order valence-corrected chi connectivity index (χ3v) is 3.14. The Morgan fingerprint density at radius 2 is 2.38 bits per heavy atom. The van der Waals surface area contributed by atoms with E-state index < -0.39 is 0 Å². The summed E-state index contributed by atoms with van der Waals surface area (Å²) in [5.74, 6) is 1.53. The molecule has 0 aliphatic carbocycles. The molecule has 1 unspecified atom stereocenters. The van der Waals surface area contributed by atoms with Gasteiger partial charge in [-0.05, 0) is 29.8 Å². The molecule has 0 aromatic heterocycles. The second kappa shape index (κ2) is 5.32. The van der Waals surface area contributed by atoms with Gasteiger partial charge in [-0.3, -0.25) is 0 Å². The van der Waals surface area contributed by atoms with E-state index >= 15 is 0 Å². The molecule has 0 amide bonds. The van der Waals surface area contributed by atoms with Crippen molar-refractivity contribution in [3.8, 4) is 5.75 Å². The monoisotopic (exact) mass is 220 g/mol. The molecule has 1 aromatic carbocycles. The van der Waals surface area contributed by atoms with Crippen LogP contribution in [0.15, 0.2) is 18.2 Å². The van der Waals surface area contributed by atoms with Crippen LogP contribution in [0.1, 0.15) is 24.0 Å². The minimum absolute atomic E-state index is 0.578. The van der Waals surface area contributed by atoms with E-state index in [1.165, 1.54) is 11.1 Å². The van der Waals surface area contributed by atoms with Crippen molar-refractivity contribution in [2.45, 2.75) is 19.4 Å². The smallest absolute Gasteiger partial charge is 0.119 e. The van der Waals surface area contributed by atoms with E-state index in [0.717, 1.165) is 31.9 Å². The van der Waals surface area contributed by atoms with E-state index in [0.29, 0.717) is 5.92 Å². The van der Waals surface area contributed by atoms with Crippen molar-refractivity contribution in [1.29, 1.82) is 0 Å². The first-order valence-corrected chi connectivity index (χ1v) is 5.93. The Hall–Kier alpha value is -1.06. The molecule has 0 radical (unpaired) electrons. The molecule has 3 heteroatoms. The van der Waals surface area contributed by atoms with Crippen molar-refractivity contribution < 1.29 is 4.74 Å². The van der Waals surface area contributed by atoms with Crippen LogP contribution in [0, 0.1) is 0 Å². The fourth-order valence-corrected chi connectivity index (χ4v) is 2.25. The molecule has 0 spiro atoms. The average molecular weight is 220 g/mol. The molecule has 1 aliphatic rings. The van der Waals surface area contributed by atoms with Crippen LogP contribution in [-0.4, -0.2) is 26.7 Å². The Bertz CT molecular complexity index is 352. The summed E-state index contributed by atoms with van der Waals surface area (Å²) < 4.78 is 5.25. The number of nitrogens with one attached hydrogen (secondary N) is 2. The van der Waals surface area contributed by atoms with E-state index in [1.54, 1.807) is 7.11 Å². The zero-order valence-corrected chi connectivity index (χ0v) is 10.0. The van der Waals surface area contributed by atoms with Gasteiger partial charge in [-0.15, -0.1) is 0 Å².